The molecule has 0 bridgehead atoms. The second kappa shape index (κ2) is 8.66. The number of rotatable bonds is 6. The van der Waals surface area contributed by atoms with E-state index in [0.29, 0.717) is 28.1 Å². The molecule has 1 aliphatic rings. The third kappa shape index (κ3) is 4.30. The maximum atomic E-state index is 12.6. The fourth-order valence-corrected chi connectivity index (χ4v) is 4.23. The molecule has 30 heavy (non-hydrogen) atoms. The molecule has 0 aliphatic heterocycles. The molecular formula is C19H19BrClN7O2. The molecule has 4 rings (SSSR count). The van der Waals surface area contributed by atoms with Crippen LogP contribution in [0.15, 0.2) is 35.3 Å². The van der Waals surface area contributed by atoms with Gasteiger partial charge in [-0.05, 0) is 41.8 Å². The van der Waals surface area contributed by atoms with Gasteiger partial charge in [0.1, 0.15) is 0 Å². The molecule has 3 aromatic rings. The predicted molar refractivity (Wildman–Crippen MR) is 116 cm³/mol. The lowest BCUT2D eigenvalue weighted by Gasteiger charge is -2.19. The minimum absolute atomic E-state index is 0.229. The maximum absolute atomic E-state index is 12.6. The van der Waals surface area contributed by atoms with Crippen molar-refractivity contribution in [2.24, 2.45) is 0 Å². The van der Waals surface area contributed by atoms with Gasteiger partial charge in [0.05, 0.1) is 53.0 Å². The van der Waals surface area contributed by atoms with Crippen LogP contribution in [0.3, 0.4) is 0 Å². The van der Waals surface area contributed by atoms with Gasteiger partial charge in [0, 0.05) is 23.1 Å². The number of carbonyl (C=O) groups is 1. The molecule has 1 atom stereocenters. The van der Waals surface area contributed by atoms with Crippen LogP contribution in [-0.4, -0.2) is 38.1 Å². The average molecular weight is 493 g/mol. The molecule has 0 radical (unpaired) electrons. The predicted octanol–water partition coefficient (Wildman–Crippen LogP) is 4.70. The summed E-state index contributed by atoms with van der Waals surface area (Å²) in [4.78, 5) is 22.7. The smallest absolute Gasteiger partial charge is 0.323 e. The first kappa shape index (κ1) is 20.7. The van der Waals surface area contributed by atoms with Crippen LogP contribution >= 0.6 is 27.5 Å². The van der Waals surface area contributed by atoms with Gasteiger partial charge in [0.15, 0.2) is 5.82 Å². The van der Waals surface area contributed by atoms with E-state index in [-0.39, 0.29) is 6.10 Å². The van der Waals surface area contributed by atoms with E-state index in [2.05, 4.69) is 46.7 Å². The molecule has 0 aromatic carbocycles. The van der Waals surface area contributed by atoms with E-state index in [1.165, 1.54) is 23.4 Å². The van der Waals surface area contributed by atoms with Crippen LogP contribution in [0.1, 0.15) is 43.0 Å². The lowest BCUT2D eigenvalue weighted by atomic mass is 10.1. The van der Waals surface area contributed by atoms with Crippen molar-refractivity contribution >= 4 is 44.9 Å². The number of pyridine rings is 2. The van der Waals surface area contributed by atoms with Crippen molar-refractivity contribution < 1.29 is 9.53 Å². The Morgan fingerprint density at radius 2 is 2.00 bits per heavy atom. The van der Waals surface area contributed by atoms with Gasteiger partial charge in [-0.3, -0.25) is 4.98 Å². The van der Waals surface area contributed by atoms with Crippen molar-refractivity contribution in [3.8, 4) is 5.82 Å². The number of hydrogen-bond donors (Lipinski definition) is 2. The molecule has 9 nitrogen and oxygen atoms in total. The molecule has 2 N–H and O–H groups in total. The summed E-state index contributed by atoms with van der Waals surface area (Å²) < 4.78 is 6.38. The quantitative estimate of drug-likeness (QED) is 0.516. The third-order valence-electron chi connectivity index (χ3n) is 4.74. The van der Waals surface area contributed by atoms with Gasteiger partial charge in [-0.2, -0.15) is 10.2 Å². The van der Waals surface area contributed by atoms with Crippen molar-refractivity contribution in [1.29, 1.82) is 0 Å². The normalized spacial score (nSPS) is 14.4. The Labute approximate surface area is 186 Å². The Kier molecular flexibility index (Phi) is 5.98. The number of ether oxygens (including phenoxy) is 1. The summed E-state index contributed by atoms with van der Waals surface area (Å²) >= 11 is 9.91. The molecule has 3 aromatic heterocycles. The first-order valence-electron chi connectivity index (χ1n) is 9.29. The Bertz CT molecular complexity index is 1070. The van der Waals surface area contributed by atoms with E-state index in [0.717, 1.165) is 28.6 Å². The fourth-order valence-electron chi connectivity index (χ4n) is 3.03. The Morgan fingerprint density at radius 1 is 1.27 bits per heavy atom. The van der Waals surface area contributed by atoms with Crippen LogP contribution in [0.5, 0.6) is 0 Å². The number of methoxy groups -OCH3 is 1. The van der Waals surface area contributed by atoms with Crippen molar-refractivity contribution in [3.05, 3.63) is 51.6 Å². The van der Waals surface area contributed by atoms with Crippen LogP contribution < -0.4 is 10.6 Å². The van der Waals surface area contributed by atoms with Gasteiger partial charge in [-0.15, -0.1) is 4.80 Å². The number of nitrogens with one attached hydrogen (secondary N) is 2. The van der Waals surface area contributed by atoms with Gasteiger partial charge >= 0.3 is 6.03 Å². The van der Waals surface area contributed by atoms with Gasteiger partial charge in [0.25, 0.3) is 0 Å². The maximum Gasteiger partial charge on any atom is 0.323 e. The minimum atomic E-state index is -0.449. The SMILES string of the molecule is COC(C)c1c(NC(=O)Nc2cnc(-n3nccn3)c(Cl)c2)cnc(C2CC2)c1Br. The van der Waals surface area contributed by atoms with Gasteiger partial charge in [-0.1, -0.05) is 11.6 Å². The Morgan fingerprint density at radius 3 is 2.63 bits per heavy atom. The van der Waals surface area contributed by atoms with Crippen molar-refractivity contribution in [2.45, 2.75) is 31.8 Å². The van der Waals surface area contributed by atoms with Crippen molar-refractivity contribution in [3.63, 3.8) is 0 Å². The second-order valence-corrected chi connectivity index (χ2v) is 8.06. The van der Waals surface area contributed by atoms with Crippen LogP contribution in [0.2, 0.25) is 5.02 Å². The molecule has 3 heterocycles. The molecule has 1 saturated carbocycles. The zero-order valence-electron chi connectivity index (χ0n) is 16.3. The molecule has 2 amide bonds. The summed E-state index contributed by atoms with van der Waals surface area (Å²) in [6, 6.07) is 1.13. The lowest BCUT2D eigenvalue weighted by molar-refractivity contribution is 0.119. The number of carbonyl (C=O) groups excluding carboxylic acids is 1. The third-order valence-corrected chi connectivity index (χ3v) is 5.86. The number of aromatic nitrogens is 5. The van der Waals surface area contributed by atoms with E-state index in [1.807, 2.05) is 6.92 Å². The number of halogens is 2. The van der Waals surface area contributed by atoms with E-state index >= 15 is 0 Å². The van der Waals surface area contributed by atoms with E-state index in [4.69, 9.17) is 16.3 Å². The number of amides is 2. The molecule has 1 aliphatic carbocycles. The number of anilines is 2. The number of urea groups is 1. The average Bonchev–Trinajstić information content (AvgIpc) is 3.41. The summed E-state index contributed by atoms with van der Waals surface area (Å²) in [6.07, 6.45) is 8.21. The minimum Gasteiger partial charge on any atom is -0.377 e. The highest BCUT2D eigenvalue weighted by molar-refractivity contribution is 9.10. The largest absolute Gasteiger partial charge is 0.377 e. The van der Waals surface area contributed by atoms with Crippen LogP contribution in [0, 0.1) is 0 Å². The van der Waals surface area contributed by atoms with Gasteiger partial charge in [0.2, 0.25) is 0 Å². The molecule has 0 spiro atoms. The summed E-state index contributed by atoms with van der Waals surface area (Å²) in [5.74, 6) is 0.827. The molecular weight excluding hydrogens is 474 g/mol. The monoisotopic (exact) mass is 491 g/mol. The summed E-state index contributed by atoms with van der Waals surface area (Å²) in [7, 11) is 1.63. The lowest BCUT2D eigenvalue weighted by Crippen LogP contribution is -2.21. The van der Waals surface area contributed by atoms with E-state index in [9.17, 15) is 4.79 Å². The highest BCUT2D eigenvalue weighted by Crippen LogP contribution is 2.45. The van der Waals surface area contributed by atoms with Crippen LogP contribution in [0.25, 0.3) is 5.82 Å². The Balaban J connectivity index is 1.53. The Hall–Kier alpha value is -2.56. The zero-order chi connectivity index (χ0) is 21.3. The fraction of sp³-hybridized carbons (Fsp3) is 0.316. The molecule has 156 valence electrons. The molecule has 1 fully saturated rings. The first-order valence-corrected chi connectivity index (χ1v) is 10.5. The second-order valence-electron chi connectivity index (χ2n) is 6.86. The highest BCUT2D eigenvalue weighted by Gasteiger charge is 2.30. The topological polar surface area (TPSA) is 107 Å². The highest BCUT2D eigenvalue weighted by atomic mass is 79.9. The van der Waals surface area contributed by atoms with Crippen LogP contribution in [0.4, 0.5) is 16.2 Å². The summed E-state index contributed by atoms with van der Waals surface area (Å²) in [6.45, 7) is 1.92. The molecule has 11 heteroatoms. The van der Waals surface area contributed by atoms with Crippen molar-refractivity contribution in [1.82, 2.24) is 25.0 Å². The van der Waals surface area contributed by atoms with Crippen LogP contribution in [-0.2, 0) is 4.74 Å². The molecule has 0 saturated heterocycles. The first-order chi connectivity index (χ1) is 14.5. The summed E-state index contributed by atoms with van der Waals surface area (Å²) in [5, 5.41) is 13.9. The number of nitrogens with zero attached hydrogens (tertiary/aromatic N) is 5. The van der Waals surface area contributed by atoms with E-state index < -0.39 is 6.03 Å². The van der Waals surface area contributed by atoms with Crippen molar-refractivity contribution in [2.75, 3.05) is 17.7 Å². The molecule has 1 unspecified atom stereocenters. The summed E-state index contributed by atoms with van der Waals surface area (Å²) in [5.41, 5.74) is 2.84. The number of hydrogen-bond acceptors (Lipinski definition) is 6. The van der Waals surface area contributed by atoms with Gasteiger partial charge in [-0.25, -0.2) is 9.78 Å². The van der Waals surface area contributed by atoms with E-state index in [1.54, 1.807) is 19.4 Å². The standard InChI is InChI=1S/C19H19BrClN7O2/c1-10(30-2)15-14(9-22-17(16(15)20)11-3-4-11)27-19(29)26-12-7-13(21)18(23-8-12)28-24-5-6-25-28/h5-11H,3-4H2,1-2H3,(H2,26,27,29). The zero-order valence-corrected chi connectivity index (χ0v) is 18.6. The van der Waals surface area contributed by atoms with Gasteiger partial charge < -0.3 is 15.4 Å².